The first-order valence-corrected chi connectivity index (χ1v) is 4.32. The lowest BCUT2D eigenvalue weighted by molar-refractivity contribution is 0.0959. The fourth-order valence-electron chi connectivity index (χ4n) is 0.808. The molecule has 0 aliphatic rings. The van der Waals surface area contributed by atoms with Crippen molar-refractivity contribution in [1.29, 1.82) is 0 Å². The number of carbonyl (C=O) groups is 1. The molecule has 78 valence electrons. The molecule has 14 heavy (non-hydrogen) atoms. The second-order valence-electron chi connectivity index (χ2n) is 2.20. The molecule has 2 nitrogen and oxygen atoms in total. The summed E-state index contributed by atoms with van der Waals surface area (Å²) in [5.74, 6) is -2.11. The van der Waals surface area contributed by atoms with Gasteiger partial charge in [0.25, 0.3) is 5.91 Å². The maximum absolute atomic E-state index is 12.8. The van der Waals surface area contributed by atoms with Gasteiger partial charge in [-0.1, -0.05) is 13.8 Å². The third kappa shape index (κ3) is 3.12. The van der Waals surface area contributed by atoms with Crippen LogP contribution in [0.25, 0.3) is 0 Å². The van der Waals surface area contributed by atoms with Crippen LogP contribution in [0.5, 0.6) is 0 Å². The van der Waals surface area contributed by atoms with Crippen LogP contribution >= 0.6 is 0 Å². The number of nitrogens with one attached hydrogen (secondary N) is 1. The van der Waals surface area contributed by atoms with Crippen LogP contribution in [0, 0.1) is 11.6 Å². The summed E-state index contributed by atoms with van der Waals surface area (Å²) in [5.41, 5.74) is -0.154. The molecule has 1 N–H and O–H groups in total. The number of benzene rings is 1. The molecule has 0 bridgehead atoms. The first-order valence-electron chi connectivity index (χ1n) is 4.32. The zero-order chi connectivity index (χ0) is 11.1. The summed E-state index contributed by atoms with van der Waals surface area (Å²) in [5, 5.41) is 2.24. The highest BCUT2D eigenvalue weighted by molar-refractivity contribution is 5.94. The summed E-state index contributed by atoms with van der Waals surface area (Å²) >= 11 is 0. The van der Waals surface area contributed by atoms with Crippen molar-refractivity contribution in [2.24, 2.45) is 0 Å². The summed E-state index contributed by atoms with van der Waals surface area (Å²) in [6.45, 7) is 4.00. The summed E-state index contributed by atoms with van der Waals surface area (Å²) in [6.07, 6.45) is 0. The lowest BCUT2D eigenvalue weighted by Gasteiger charge is -2.00. The molecule has 0 heterocycles. The molecule has 0 aliphatic heterocycles. The van der Waals surface area contributed by atoms with E-state index in [-0.39, 0.29) is 5.56 Å². The van der Waals surface area contributed by atoms with Crippen molar-refractivity contribution in [3.63, 3.8) is 0 Å². The molecule has 0 aromatic heterocycles. The van der Waals surface area contributed by atoms with Crippen molar-refractivity contribution >= 4 is 5.91 Å². The highest BCUT2D eigenvalue weighted by Gasteiger charge is 2.09. The van der Waals surface area contributed by atoms with E-state index in [4.69, 9.17) is 0 Å². The molecule has 0 fully saturated rings. The van der Waals surface area contributed by atoms with Gasteiger partial charge in [-0.3, -0.25) is 4.79 Å². The minimum atomic E-state index is -0.852. The summed E-state index contributed by atoms with van der Waals surface area (Å²) < 4.78 is 25.1. The van der Waals surface area contributed by atoms with E-state index in [0.717, 1.165) is 12.1 Å². The van der Waals surface area contributed by atoms with Gasteiger partial charge in [0, 0.05) is 13.1 Å². The molecule has 1 rings (SSSR count). The van der Waals surface area contributed by atoms with E-state index in [9.17, 15) is 13.6 Å². The lowest BCUT2D eigenvalue weighted by atomic mass is 10.2. The van der Waals surface area contributed by atoms with Crippen molar-refractivity contribution in [1.82, 2.24) is 5.32 Å². The van der Waals surface area contributed by atoms with Gasteiger partial charge in [0.15, 0.2) is 0 Å². The number of hydrogen-bond donors (Lipinski definition) is 1. The van der Waals surface area contributed by atoms with E-state index in [0.29, 0.717) is 6.07 Å². The second-order valence-corrected chi connectivity index (χ2v) is 2.20. The summed E-state index contributed by atoms with van der Waals surface area (Å²) in [6, 6.07) is 2.81. The predicted octanol–water partition coefficient (Wildman–Crippen LogP) is 2.35. The molecule has 0 spiro atoms. The maximum atomic E-state index is 12.8. The van der Waals surface area contributed by atoms with Crippen LogP contribution in [0.1, 0.15) is 24.2 Å². The Labute approximate surface area is 81.9 Å². The Morgan fingerprint density at radius 3 is 2.29 bits per heavy atom. The first-order chi connectivity index (χ1) is 6.65. The average molecular weight is 201 g/mol. The predicted molar refractivity (Wildman–Crippen MR) is 51.1 cm³/mol. The van der Waals surface area contributed by atoms with E-state index >= 15 is 0 Å². The molecule has 4 heteroatoms. The van der Waals surface area contributed by atoms with Crippen LogP contribution in [0.15, 0.2) is 18.2 Å². The molecule has 0 radical (unpaired) electrons. The highest BCUT2D eigenvalue weighted by atomic mass is 19.1. The number of rotatable bonds is 1. The van der Waals surface area contributed by atoms with Gasteiger partial charge in [0.2, 0.25) is 0 Å². The van der Waals surface area contributed by atoms with Gasteiger partial charge >= 0.3 is 0 Å². The third-order valence-electron chi connectivity index (χ3n) is 1.40. The van der Waals surface area contributed by atoms with E-state index in [1.807, 2.05) is 13.8 Å². The van der Waals surface area contributed by atoms with E-state index in [1.54, 1.807) is 0 Å². The van der Waals surface area contributed by atoms with Gasteiger partial charge in [-0.25, -0.2) is 8.78 Å². The van der Waals surface area contributed by atoms with Crippen LogP contribution in [0.4, 0.5) is 8.78 Å². The largest absolute Gasteiger partial charge is 0.355 e. The minimum absolute atomic E-state index is 0.154. The monoisotopic (exact) mass is 201 g/mol. The average Bonchev–Trinajstić information content (AvgIpc) is 2.20. The van der Waals surface area contributed by atoms with E-state index < -0.39 is 17.5 Å². The molecular weight excluding hydrogens is 188 g/mol. The minimum Gasteiger partial charge on any atom is -0.355 e. The molecule has 0 atom stereocenters. The second kappa shape index (κ2) is 6.07. The zero-order valence-corrected chi connectivity index (χ0v) is 8.40. The molecule has 1 aromatic carbocycles. The van der Waals surface area contributed by atoms with Crippen molar-refractivity contribution < 1.29 is 13.6 Å². The molecule has 0 unspecified atom stereocenters. The fourth-order valence-corrected chi connectivity index (χ4v) is 0.808. The van der Waals surface area contributed by atoms with Crippen LogP contribution in [0.3, 0.4) is 0 Å². The summed E-state index contributed by atoms with van der Waals surface area (Å²) in [7, 11) is 1.38. The maximum Gasteiger partial charge on any atom is 0.253 e. The van der Waals surface area contributed by atoms with E-state index in [2.05, 4.69) is 5.32 Å². The molecule has 0 aliphatic carbocycles. The standard InChI is InChI=1S/C8H7F2NO.C2H6/c1-11-8(12)6-3-2-5(9)4-7(6)10;1-2/h2-4H,1H3,(H,11,12);1-2H3. The van der Waals surface area contributed by atoms with Crippen LogP contribution in [0.2, 0.25) is 0 Å². The third-order valence-corrected chi connectivity index (χ3v) is 1.40. The molecule has 0 saturated heterocycles. The van der Waals surface area contributed by atoms with Gasteiger partial charge in [-0.15, -0.1) is 0 Å². The smallest absolute Gasteiger partial charge is 0.253 e. The van der Waals surface area contributed by atoms with Gasteiger partial charge in [-0.2, -0.15) is 0 Å². The van der Waals surface area contributed by atoms with Crippen molar-refractivity contribution in [3.8, 4) is 0 Å². The van der Waals surface area contributed by atoms with Crippen LogP contribution in [-0.2, 0) is 0 Å². The number of carbonyl (C=O) groups excluding carboxylic acids is 1. The Morgan fingerprint density at radius 1 is 1.29 bits per heavy atom. The van der Waals surface area contributed by atoms with Crippen molar-refractivity contribution in [2.75, 3.05) is 7.05 Å². The fraction of sp³-hybridized carbons (Fsp3) is 0.300. The normalized spacial score (nSPS) is 8.64. The van der Waals surface area contributed by atoms with Gasteiger partial charge in [0.05, 0.1) is 5.56 Å². The number of halogens is 2. The van der Waals surface area contributed by atoms with Crippen molar-refractivity contribution in [2.45, 2.75) is 13.8 Å². The van der Waals surface area contributed by atoms with Gasteiger partial charge in [-0.05, 0) is 12.1 Å². The van der Waals surface area contributed by atoms with Crippen LogP contribution < -0.4 is 5.32 Å². The Kier molecular flexibility index (Phi) is 5.44. The lowest BCUT2D eigenvalue weighted by Crippen LogP contribution is -2.19. The SMILES string of the molecule is CC.CNC(=O)c1ccc(F)cc1F. The molecule has 0 saturated carbocycles. The Hall–Kier alpha value is -1.45. The Bertz CT molecular complexity index is 313. The van der Waals surface area contributed by atoms with E-state index in [1.165, 1.54) is 7.05 Å². The van der Waals surface area contributed by atoms with Crippen molar-refractivity contribution in [3.05, 3.63) is 35.4 Å². The molecule has 1 aromatic rings. The Morgan fingerprint density at radius 2 is 1.86 bits per heavy atom. The Balaban J connectivity index is 0.000000791. The van der Waals surface area contributed by atoms with Crippen LogP contribution in [-0.4, -0.2) is 13.0 Å². The number of hydrogen-bond acceptors (Lipinski definition) is 1. The molecule has 1 amide bonds. The summed E-state index contributed by atoms with van der Waals surface area (Å²) in [4.78, 5) is 10.9. The topological polar surface area (TPSA) is 29.1 Å². The number of amides is 1. The van der Waals surface area contributed by atoms with Gasteiger partial charge < -0.3 is 5.32 Å². The first kappa shape index (κ1) is 12.6. The quantitative estimate of drug-likeness (QED) is 0.742. The molecular formula is C10H13F2NO. The van der Waals surface area contributed by atoms with Gasteiger partial charge in [0.1, 0.15) is 11.6 Å². The highest BCUT2D eigenvalue weighted by Crippen LogP contribution is 2.08. The zero-order valence-electron chi connectivity index (χ0n) is 8.40.